The minimum absolute atomic E-state index is 0.0250. The molecule has 2 rings (SSSR count). The third-order valence-corrected chi connectivity index (χ3v) is 4.01. The molecule has 0 spiro atoms. The first kappa shape index (κ1) is 13.1. The first-order valence-corrected chi connectivity index (χ1v) is 6.38. The quantitative estimate of drug-likeness (QED) is 0.824. The van der Waals surface area contributed by atoms with Crippen LogP contribution in [0.1, 0.15) is 36.2 Å². The number of carbonyl (C=O) groups is 1. The van der Waals surface area contributed by atoms with Crippen molar-refractivity contribution in [3.63, 3.8) is 0 Å². The molecule has 1 heterocycles. The highest BCUT2D eigenvalue weighted by Gasteiger charge is 2.37. The summed E-state index contributed by atoms with van der Waals surface area (Å²) in [6.45, 7) is 3.91. The van der Waals surface area contributed by atoms with Gasteiger partial charge in [-0.2, -0.15) is 5.10 Å². The van der Waals surface area contributed by atoms with Gasteiger partial charge in [0.25, 0.3) is 0 Å². The van der Waals surface area contributed by atoms with Gasteiger partial charge in [0.1, 0.15) is 0 Å². The van der Waals surface area contributed by atoms with Crippen molar-refractivity contribution in [2.24, 2.45) is 7.05 Å². The highest BCUT2D eigenvalue weighted by molar-refractivity contribution is 5.80. The van der Waals surface area contributed by atoms with Crippen molar-refractivity contribution in [1.29, 1.82) is 0 Å². The van der Waals surface area contributed by atoms with E-state index in [1.807, 2.05) is 20.9 Å². The van der Waals surface area contributed by atoms with Gasteiger partial charge in [0, 0.05) is 18.3 Å². The molecule has 1 fully saturated rings. The van der Waals surface area contributed by atoms with Crippen LogP contribution in [-0.2, 0) is 18.3 Å². The van der Waals surface area contributed by atoms with Crippen LogP contribution in [0, 0.1) is 13.8 Å². The fourth-order valence-electron chi connectivity index (χ4n) is 2.50. The molecule has 5 nitrogen and oxygen atoms in total. The van der Waals surface area contributed by atoms with Gasteiger partial charge in [-0.1, -0.05) is 0 Å². The molecule has 100 valence electrons. The van der Waals surface area contributed by atoms with Crippen molar-refractivity contribution in [2.75, 3.05) is 6.61 Å². The van der Waals surface area contributed by atoms with Gasteiger partial charge in [-0.15, -0.1) is 0 Å². The summed E-state index contributed by atoms with van der Waals surface area (Å²) in [7, 11) is 1.88. The summed E-state index contributed by atoms with van der Waals surface area (Å²) in [4.78, 5) is 12.0. The minimum Gasteiger partial charge on any atom is -0.394 e. The molecule has 0 unspecified atom stereocenters. The largest absolute Gasteiger partial charge is 0.394 e. The number of aromatic nitrogens is 2. The molecule has 0 saturated heterocycles. The smallest absolute Gasteiger partial charge is 0.225 e. The zero-order chi connectivity index (χ0) is 13.3. The van der Waals surface area contributed by atoms with Gasteiger partial charge >= 0.3 is 0 Å². The molecule has 0 aliphatic heterocycles. The summed E-state index contributed by atoms with van der Waals surface area (Å²) in [6.07, 6.45) is 3.17. The lowest BCUT2D eigenvalue weighted by Crippen LogP contribution is -2.56. The van der Waals surface area contributed by atoms with E-state index in [9.17, 15) is 9.90 Å². The zero-order valence-corrected chi connectivity index (χ0v) is 11.3. The SMILES string of the molecule is Cc1nn(C)c(C)c1CC(=O)NC1(CO)CCC1. The Morgan fingerprint density at radius 1 is 1.50 bits per heavy atom. The van der Waals surface area contributed by atoms with Crippen molar-refractivity contribution in [3.05, 3.63) is 17.0 Å². The zero-order valence-electron chi connectivity index (χ0n) is 11.3. The third-order valence-electron chi connectivity index (χ3n) is 4.01. The van der Waals surface area contributed by atoms with Crippen LogP contribution in [0.5, 0.6) is 0 Å². The van der Waals surface area contributed by atoms with Crippen molar-refractivity contribution in [3.8, 4) is 0 Å². The summed E-state index contributed by atoms with van der Waals surface area (Å²) >= 11 is 0. The van der Waals surface area contributed by atoms with Gasteiger partial charge in [-0.05, 0) is 33.1 Å². The Bertz CT molecular complexity index is 456. The standard InChI is InChI=1S/C13H21N3O2/c1-9-11(10(2)16(3)15-9)7-12(18)14-13(8-17)5-4-6-13/h17H,4-8H2,1-3H3,(H,14,18). The van der Waals surface area contributed by atoms with Crippen LogP contribution in [0.25, 0.3) is 0 Å². The summed E-state index contributed by atoms with van der Waals surface area (Å²) in [5.74, 6) is -0.0250. The Balaban J connectivity index is 2.03. The van der Waals surface area contributed by atoms with Crippen molar-refractivity contribution in [1.82, 2.24) is 15.1 Å². The lowest BCUT2D eigenvalue weighted by molar-refractivity contribution is -0.124. The van der Waals surface area contributed by atoms with Crippen LogP contribution in [0.15, 0.2) is 0 Å². The molecule has 1 aromatic rings. The number of nitrogens with zero attached hydrogens (tertiary/aromatic N) is 2. The fraction of sp³-hybridized carbons (Fsp3) is 0.692. The number of aryl methyl sites for hydroxylation is 2. The molecule has 0 bridgehead atoms. The fourth-order valence-corrected chi connectivity index (χ4v) is 2.50. The minimum atomic E-state index is -0.360. The van der Waals surface area contributed by atoms with Gasteiger partial charge in [0.2, 0.25) is 5.91 Å². The number of aliphatic hydroxyl groups is 1. The second kappa shape index (κ2) is 4.72. The van der Waals surface area contributed by atoms with Crippen LogP contribution < -0.4 is 5.32 Å². The van der Waals surface area contributed by atoms with E-state index < -0.39 is 0 Å². The van der Waals surface area contributed by atoms with E-state index in [2.05, 4.69) is 10.4 Å². The van der Waals surface area contributed by atoms with Gasteiger partial charge < -0.3 is 10.4 Å². The van der Waals surface area contributed by atoms with Gasteiger partial charge in [-0.25, -0.2) is 0 Å². The van der Waals surface area contributed by atoms with Crippen LogP contribution in [0.4, 0.5) is 0 Å². The molecule has 1 aliphatic rings. The van der Waals surface area contributed by atoms with Crippen LogP contribution in [-0.4, -0.2) is 32.9 Å². The molecule has 1 aliphatic carbocycles. The molecule has 5 heteroatoms. The molecule has 1 amide bonds. The van der Waals surface area contributed by atoms with Gasteiger partial charge in [0.05, 0.1) is 24.3 Å². The number of amides is 1. The monoisotopic (exact) mass is 251 g/mol. The Morgan fingerprint density at radius 3 is 2.56 bits per heavy atom. The van der Waals surface area contributed by atoms with E-state index in [-0.39, 0.29) is 18.1 Å². The molecule has 0 radical (unpaired) electrons. The summed E-state index contributed by atoms with van der Waals surface area (Å²) in [5, 5.41) is 16.6. The first-order valence-electron chi connectivity index (χ1n) is 6.38. The maximum absolute atomic E-state index is 12.0. The average molecular weight is 251 g/mol. The molecular weight excluding hydrogens is 230 g/mol. The van der Waals surface area contributed by atoms with E-state index in [0.717, 1.165) is 36.2 Å². The average Bonchev–Trinajstić information content (AvgIpc) is 2.51. The summed E-state index contributed by atoms with van der Waals surface area (Å²) in [6, 6.07) is 0. The Morgan fingerprint density at radius 2 is 2.17 bits per heavy atom. The molecule has 2 N–H and O–H groups in total. The second-order valence-electron chi connectivity index (χ2n) is 5.29. The van der Waals surface area contributed by atoms with E-state index in [4.69, 9.17) is 0 Å². The van der Waals surface area contributed by atoms with Crippen LogP contribution in [0.2, 0.25) is 0 Å². The van der Waals surface area contributed by atoms with Crippen molar-refractivity contribution < 1.29 is 9.90 Å². The van der Waals surface area contributed by atoms with E-state index >= 15 is 0 Å². The number of rotatable bonds is 4. The van der Waals surface area contributed by atoms with E-state index in [0.29, 0.717) is 6.42 Å². The van der Waals surface area contributed by atoms with E-state index in [1.165, 1.54) is 0 Å². The topological polar surface area (TPSA) is 67.2 Å². The maximum Gasteiger partial charge on any atom is 0.225 e. The molecular formula is C13H21N3O2. The molecule has 1 saturated carbocycles. The Kier molecular flexibility index (Phi) is 3.43. The molecule has 0 aromatic carbocycles. The number of carbonyl (C=O) groups excluding carboxylic acids is 1. The summed E-state index contributed by atoms with van der Waals surface area (Å²) in [5.41, 5.74) is 2.55. The van der Waals surface area contributed by atoms with Crippen molar-refractivity contribution >= 4 is 5.91 Å². The number of nitrogens with one attached hydrogen (secondary N) is 1. The predicted octanol–water partition coefficient (Wildman–Crippen LogP) is 0.611. The maximum atomic E-state index is 12.0. The molecule has 18 heavy (non-hydrogen) atoms. The number of hydrogen-bond donors (Lipinski definition) is 2. The Hall–Kier alpha value is -1.36. The number of aliphatic hydroxyl groups excluding tert-OH is 1. The van der Waals surface area contributed by atoms with E-state index in [1.54, 1.807) is 4.68 Å². The predicted molar refractivity (Wildman–Crippen MR) is 68.2 cm³/mol. The molecule has 0 atom stereocenters. The lowest BCUT2D eigenvalue weighted by Gasteiger charge is -2.41. The highest BCUT2D eigenvalue weighted by Crippen LogP contribution is 2.31. The van der Waals surface area contributed by atoms with Gasteiger partial charge in [-0.3, -0.25) is 9.48 Å². The second-order valence-corrected chi connectivity index (χ2v) is 5.29. The summed E-state index contributed by atoms with van der Waals surface area (Å²) < 4.78 is 1.79. The highest BCUT2D eigenvalue weighted by atomic mass is 16.3. The van der Waals surface area contributed by atoms with Crippen LogP contribution >= 0.6 is 0 Å². The Labute approximate surface area is 107 Å². The normalized spacial score (nSPS) is 17.3. The first-order chi connectivity index (χ1) is 8.47. The lowest BCUT2D eigenvalue weighted by atomic mass is 9.77. The van der Waals surface area contributed by atoms with Gasteiger partial charge in [0.15, 0.2) is 0 Å². The third kappa shape index (κ3) is 2.27. The van der Waals surface area contributed by atoms with Crippen molar-refractivity contribution in [2.45, 2.75) is 45.1 Å². The number of hydrogen-bond acceptors (Lipinski definition) is 3. The van der Waals surface area contributed by atoms with Crippen LogP contribution in [0.3, 0.4) is 0 Å². The molecule has 1 aromatic heterocycles.